The molecule has 0 spiro atoms. The van der Waals surface area contributed by atoms with Gasteiger partial charge in [0.15, 0.2) is 0 Å². The number of aromatic nitrogens is 3. The van der Waals surface area contributed by atoms with Crippen molar-refractivity contribution < 1.29 is 9.90 Å². The van der Waals surface area contributed by atoms with E-state index in [1.165, 1.54) is 0 Å². The van der Waals surface area contributed by atoms with Gasteiger partial charge in [-0.15, -0.1) is 0 Å². The molecule has 6 nitrogen and oxygen atoms in total. The van der Waals surface area contributed by atoms with Crippen molar-refractivity contribution in [2.45, 2.75) is 46.1 Å². The van der Waals surface area contributed by atoms with Gasteiger partial charge in [-0.3, -0.25) is 9.78 Å². The summed E-state index contributed by atoms with van der Waals surface area (Å²) in [6.45, 7) is 7.34. The fraction of sp³-hybridized carbons (Fsp3) is 0.524. The number of aliphatic hydroxyl groups is 1. The van der Waals surface area contributed by atoms with Gasteiger partial charge in [0, 0.05) is 25.0 Å². The molecule has 0 bridgehead atoms. The normalized spacial score (nSPS) is 16.6. The second-order valence-electron chi connectivity index (χ2n) is 7.72. The van der Waals surface area contributed by atoms with Crippen LogP contribution in [0.5, 0.6) is 0 Å². The summed E-state index contributed by atoms with van der Waals surface area (Å²) >= 11 is 0. The molecule has 0 aromatic carbocycles. The number of carbonyl (C=O) groups excluding carboxylic acids is 1. The summed E-state index contributed by atoms with van der Waals surface area (Å²) in [5, 5.41) is 10.6. The van der Waals surface area contributed by atoms with Crippen LogP contribution in [0, 0.1) is 18.8 Å². The van der Waals surface area contributed by atoms with E-state index in [1.54, 1.807) is 6.20 Å². The molecule has 1 aliphatic heterocycles. The van der Waals surface area contributed by atoms with E-state index in [0.29, 0.717) is 36.2 Å². The zero-order chi connectivity index (χ0) is 19.4. The smallest absolute Gasteiger partial charge is 0.272 e. The van der Waals surface area contributed by atoms with Crippen LogP contribution < -0.4 is 0 Å². The van der Waals surface area contributed by atoms with E-state index in [0.717, 1.165) is 25.0 Å². The van der Waals surface area contributed by atoms with Crippen LogP contribution in [0.4, 0.5) is 0 Å². The predicted octanol–water partition coefficient (Wildman–Crippen LogP) is 2.96. The molecule has 1 fully saturated rings. The van der Waals surface area contributed by atoms with Gasteiger partial charge in [0.2, 0.25) is 0 Å². The van der Waals surface area contributed by atoms with Crippen molar-refractivity contribution in [2.24, 2.45) is 11.8 Å². The molecule has 3 heterocycles. The Balaban J connectivity index is 1.64. The molecule has 2 aromatic rings. The van der Waals surface area contributed by atoms with Crippen molar-refractivity contribution in [3.63, 3.8) is 0 Å². The van der Waals surface area contributed by atoms with Gasteiger partial charge in [-0.2, -0.15) is 0 Å². The van der Waals surface area contributed by atoms with Crippen LogP contribution in [-0.2, 0) is 6.42 Å². The van der Waals surface area contributed by atoms with Gasteiger partial charge in [-0.25, -0.2) is 9.97 Å². The molecule has 1 saturated heterocycles. The van der Waals surface area contributed by atoms with E-state index in [-0.39, 0.29) is 11.8 Å². The molecule has 3 rings (SSSR count). The molecule has 144 valence electrons. The Morgan fingerprint density at radius 3 is 2.63 bits per heavy atom. The van der Waals surface area contributed by atoms with Gasteiger partial charge in [0.25, 0.3) is 5.91 Å². The predicted molar refractivity (Wildman–Crippen MR) is 103 cm³/mol. The molecule has 0 saturated carbocycles. The number of hydrogen-bond donors (Lipinski definition) is 1. The summed E-state index contributed by atoms with van der Waals surface area (Å²) < 4.78 is 0. The van der Waals surface area contributed by atoms with Crippen LogP contribution in [0.1, 0.15) is 60.5 Å². The Morgan fingerprint density at radius 2 is 2.00 bits per heavy atom. The molecule has 27 heavy (non-hydrogen) atoms. The lowest BCUT2D eigenvalue weighted by Gasteiger charge is -2.34. The standard InChI is InChI=1S/C21H28N4O2/c1-14(2)12-17-13-19(24-15(3)23-17)21(27)25-10-7-16(8-11-25)20(26)18-6-4-5-9-22-18/h4-6,9,13-14,16,20,26H,7-8,10-12H2,1-3H3. The second-order valence-corrected chi connectivity index (χ2v) is 7.72. The van der Waals surface area contributed by atoms with Crippen LogP contribution in [-0.4, -0.2) is 44.0 Å². The highest BCUT2D eigenvalue weighted by atomic mass is 16.3. The topological polar surface area (TPSA) is 79.2 Å². The maximum Gasteiger partial charge on any atom is 0.272 e. The first-order valence-electron chi connectivity index (χ1n) is 9.67. The van der Waals surface area contributed by atoms with Crippen molar-refractivity contribution in [1.29, 1.82) is 0 Å². The molecule has 2 aromatic heterocycles. The molecule has 6 heteroatoms. The van der Waals surface area contributed by atoms with E-state index < -0.39 is 6.10 Å². The molecule has 0 aliphatic carbocycles. The van der Waals surface area contributed by atoms with E-state index in [4.69, 9.17) is 0 Å². The fourth-order valence-corrected chi connectivity index (χ4v) is 3.63. The van der Waals surface area contributed by atoms with Crippen molar-refractivity contribution in [1.82, 2.24) is 19.9 Å². The summed E-state index contributed by atoms with van der Waals surface area (Å²) in [5.41, 5.74) is 2.09. The first kappa shape index (κ1) is 19.4. The molecule has 1 N–H and O–H groups in total. The number of piperidine rings is 1. The third-order valence-corrected chi connectivity index (χ3v) is 4.99. The fourth-order valence-electron chi connectivity index (χ4n) is 3.63. The second kappa shape index (κ2) is 8.57. The maximum atomic E-state index is 12.9. The summed E-state index contributed by atoms with van der Waals surface area (Å²) in [6, 6.07) is 7.40. The molecule has 1 aliphatic rings. The number of nitrogens with zero attached hydrogens (tertiary/aromatic N) is 4. The SMILES string of the molecule is Cc1nc(CC(C)C)cc(C(=O)N2CCC(C(O)c3ccccn3)CC2)n1. The molecule has 1 atom stereocenters. The number of amides is 1. The average molecular weight is 368 g/mol. The van der Waals surface area contributed by atoms with Gasteiger partial charge >= 0.3 is 0 Å². The number of likely N-dealkylation sites (tertiary alicyclic amines) is 1. The van der Waals surface area contributed by atoms with Gasteiger partial charge < -0.3 is 10.0 Å². The Hall–Kier alpha value is -2.34. The molecule has 1 amide bonds. The first-order valence-corrected chi connectivity index (χ1v) is 9.67. The van der Waals surface area contributed by atoms with Gasteiger partial charge in [-0.05, 0) is 56.2 Å². The molecular formula is C21H28N4O2. The largest absolute Gasteiger partial charge is 0.387 e. The van der Waals surface area contributed by atoms with Crippen molar-refractivity contribution in [2.75, 3.05) is 13.1 Å². The van der Waals surface area contributed by atoms with Crippen LogP contribution >= 0.6 is 0 Å². The lowest BCUT2D eigenvalue weighted by Crippen LogP contribution is -2.40. The molecule has 0 radical (unpaired) electrons. The van der Waals surface area contributed by atoms with Crippen LogP contribution in [0.3, 0.4) is 0 Å². The zero-order valence-corrected chi connectivity index (χ0v) is 16.3. The Morgan fingerprint density at radius 1 is 1.26 bits per heavy atom. The van der Waals surface area contributed by atoms with Crippen LogP contribution in [0.2, 0.25) is 0 Å². The van der Waals surface area contributed by atoms with Gasteiger partial charge in [0.05, 0.1) is 11.8 Å². The Kier molecular flexibility index (Phi) is 6.16. The monoisotopic (exact) mass is 368 g/mol. The number of hydrogen-bond acceptors (Lipinski definition) is 5. The summed E-state index contributed by atoms with van der Waals surface area (Å²) in [5.74, 6) is 1.19. The minimum atomic E-state index is -0.581. The quantitative estimate of drug-likeness (QED) is 0.878. The van der Waals surface area contributed by atoms with Crippen LogP contribution in [0.25, 0.3) is 0 Å². The van der Waals surface area contributed by atoms with E-state index in [9.17, 15) is 9.90 Å². The molecule has 1 unspecified atom stereocenters. The zero-order valence-electron chi connectivity index (χ0n) is 16.3. The van der Waals surface area contributed by atoms with Gasteiger partial charge in [-0.1, -0.05) is 19.9 Å². The van der Waals surface area contributed by atoms with E-state index >= 15 is 0 Å². The number of rotatable bonds is 5. The number of aliphatic hydroxyl groups excluding tert-OH is 1. The third kappa shape index (κ3) is 4.89. The minimum absolute atomic E-state index is 0.0451. The molecular weight excluding hydrogens is 340 g/mol. The third-order valence-electron chi connectivity index (χ3n) is 4.99. The highest BCUT2D eigenvalue weighted by molar-refractivity contribution is 5.92. The minimum Gasteiger partial charge on any atom is -0.387 e. The maximum absolute atomic E-state index is 12.9. The van der Waals surface area contributed by atoms with Crippen molar-refractivity contribution in [3.8, 4) is 0 Å². The summed E-state index contributed by atoms with van der Waals surface area (Å²) in [6.07, 6.45) is 3.46. The summed E-state index contributed by atoms with van der Waals surface area (Å²) in [4.78, 5) is 27.8. The van der Waals surface area contributed by atoms with E-state index in [1.807, 2.05) is 36.1 Å². The summed E-state index contributed by atoms with van der Waals surface area (Å²) in [7, 11) is 0. The number of aryl methyl sites for hydroxylation is 1. The average Bonchev–Trinajstić information content (AvgIpc) is 2.66. The Bertz CT molecular complexity index is 771. The first-order chi connectivity index (χ1) is 12.9. The van der Waals surface area contributed by atoms with Crippen molar-refractivity contribution in [3.05, 3.63) is 53.4 Å². The van der Waals surface area contributed by atoms with Gasteiger partial charge in [0.1, 0.15) is 11.5 Å². The number of carbonyl (C=O) groups is 1. The Labute approximate surface area is 160 Å². The highest BCUT2D eigenvalue weighted by Gasteiger charge is 2.29. The lowest BCUT2D eigenvalue weighted by molar-refractivity contribution is 0.0443. The highest BCUT2D eigenvalue weighted by Crippen LogP contribution is 2.30. The number of pyridine rings is 1. The van der Waals surface area contributed by atoms with Crippen LogP contribution in [0.15, 0.2) is 30.5 Å². The lowest BCUT2D eigenvalue weighted by atomic mass is 9.89. The van der Waals surface area contributed by atoms with E-state index in [2.05, 4.69) is 28.8 Å². The van der Waals surface area contributed by atoms with Crippen molar-refractivity contribution >= 4 is 5.91 Å².